The van der Waals surface area contributed by atoms with Crippen molar-refractivity contribution in [2.24, 2.45) is 0 Å². The molecule has 1 aromatic heterocycles. The maximum absolute atomic E-state index is 13.0. The molecule has 8 heteroatoms. The molecule has 170 valence electrons. The first-order valence-corrected chi connectivity index (χ1v) is 10.9. The summed E-state index contributed by atoms with van der Waals surface area (Å²) in [5.41, 5.74) is 4.08. The average molecular weight is 454 g/mol. The van der Waals surface area contributed by atoms with Crippen molar-refractivity contribution < 1.29 is 18.9 Å². The van der Waals surface area contributed by atoms with Crippen LogP contribution in [0.3, 0.4) is 0 Å². The van der Waals surface area contributed by atoms with Crippen molar-refractivity contribution in [2.75, 3.05) is 0 Å². The highest BCUT2D eigenvalue weighted by atomic mass is 16.5. The largest absolute Gasteiger partial charge is 0.355 e. The van der Waals surface area contributed by atoms with Gasteiger partial charge in [-0.1, -0.05) is 65.8 Å². The van der Waals surface area contributed by atoms with Crippen LogP contribution < -0.4 is 10.7 Å². The lowest BCUT2D eigenvalue weighted by molar-refractivity contribution is -0.132. The summed E-state index contributed by atoms with van der Waals surface area (Å²) in [5, 5.41) is 8.17. The summed E-state index contributed by atoms with van der Waals surface area (Å²) in [7, 11) is 0. The number of nitrogens with one attached hydrogen (secondary N) is 2. The van der Waals surface area contributed by atoms with E-state index >= 15 is 0 Å². The molecule has 1 aliphatic rings. The Kier molecular flexibility index (Phi) is 5.33. The van der Waals surface area contributed by atoms with Crippen LogP contribution >= 0.6 is 0 Å². The number of aromatic nitrogens is 1. The predicted octanol–water partition coefficient (Wildman–Crippen LogP) is 4.08. The topological polar surface area (TPSA) is 105 Å². The molecule has 3 aromatic carbocycles. The molecule has 1 aliphatic heterocycles. The molecule has 4 amide bonds. The van der Waals surface area contributed by atoms with Crippen molar-refractivity contribution >= 4 is 28.7 Å². The van der Waals surface area contributed by atoms with Crippen molar-refractivity contribution in [1.29, 1.82) is 0 Å². The number of amides is 4. The molecule has 0 aliphatic carbocycles. The number of rotatable bonds is 6. The van der Waals surface area contributed by atoms with Crippen LogP contribution in [0, 0.1) is 0 Å². The van der Waals surface area contributed by atoms with Crippen molar-refractivity contribution in [3.8, 4) is 11.3 Å². The zero-order chi connectivity index (χ0) is 23.7. The molecule has 1 atom stereocenters. The van der Waals surface area contributed by atoms with Gasteiger partial charge in [-0.15, -0.1) is 0 Å². The maximum atomic E-state index is 13.0. The third kappa shape index (κ3) is 3.90. The van der Waals surface area contributed by atoms with Gasteiger partial charge >= 0.3 is 6.03 Å². The van der Waals surface area contributed by atoms with Gasteiger partial charge in [-0.25, -0.2) is 4.79 Å². The van der Waals surface area contributed by atoms with E-state index in [-0.39, 0.29) is 5.56 Å². The summed E-state index contributed by atoms with van der Waals surface area (Å²) >= 11 is 0. The predicted molar refractivity (Wildman–Crippen MR) is 125 cm³/mol. The molecule has 4 aromatic rings. The summed E-state index contributed by atoms with van der Waals surface area (Å²) in [6.07, 6.45) is 1.01. The Hall–Kier alpha value is -4.46. The monoisotopic (exact) mass is 454 g/mol. The van der Waals surface area contributed by atoms with Gasteiger partial charge in [0.05, 0.1) is 5.39 Å². The Balaban J connectivity index is 1.33. The number of hydrogen-bond acceptors (Lipinski definition) is 5. The number of nitrogens with zero attached hydrogens (tertiary/aromatic N) is 2. The molecule has 2 N–H and O–H groups in total. The fraction of sp³-hybridized carbons (Fsp3) is 0.154. The molecule has 5 rings (SSSR count). The first-order valence-electron chi connectivity index (χ1n) is 10.9. The van der Waals surface area contributed by atoms with E-state index in [1.54, 1.807) is 25.1 Å². The van der Waals surface area contributed by atoms with E-state index < -0.39 is 23.4 Å². The first kappa shape index (κ1) is 21.4. The molecule has 34 heavy (non-hydrogen) atoms. The Labute approximate surface area is 195 Å². The van der Waals surface area contributed by atoms with Crippen molar-refractivity contribution in [1.82, 2.24) is 20.9 Å². The molecule has 0 radical (unpaired) electrons. The second kappa shape index (κ2) is 8.47. The smallest absolute Gasteiger partial charge is 0.344 e. The van der Waals surface area contributed by atoms with Crippen LogP contribution in [0.5, 0.6) is 0 Å². The second-order valence-corrected chi connectivity index (χ2v) is 8.44. The Morgan fingerprint density at radius 1 is 1.03 bits per heavy atom. The minimum atomic E-state index is -1.11. The van der Waals surface area contributed by atoms with Crippen molar-refractivity contribution in [3.63, 3.8) is 0 Å². The molecule has 0 bridgehead atoms. The van der Waals surface area contributed by atoms with Gasteiger partial charge in [0, 0.05) is 11.1 Å². The lowest BCUT2D eigenvalue weighted by Gasteiger charge is -2.21. The molecule has 8 nitrogen and oxygen atoms in total. The van der Waals surface area contributed by atoms with E-state index in [1.165, 1.54) is 0 Å². The molecule has 2 heterocycles. The highest BCUT2D eigenvalue weighted by Crippen LogP contribution is 2.29. The van der Waals surface area contributed by atoms with Gasteiger partial charge in [-0.3, -0.25) is 15.0 Å². The fourth-order valence-electron chi connectivity index (χ4n) is 4.04. The average Bonchev–Trinajstić information content (AvgIpc) is 3.38. The van der Waals surface area contributed by atoms with Crippen molar-refractivity contribution in [3.05, 3.63) is 90.0 Å². The molecular formula is C26H22N4O4. The zero-order valence-electron chi connectivity index (χ0n) is 18.4. The van der Waals surface area contributed by atoms with Crippen LogP contribution in [0.15, 0.2) is 83.4 Å². The number of hydrogen-bond donors (Lipinski definition) is 2. The lowest BCUT2D eigenvalue weighted by atomic mass is 9.93. The molecule has 0 spiro atoms. The van der Waals surface area contributed by atoms with Crippen LogP contribution in [-0.2, 0) is 11.2 Å². The number of hydrazine groups is 1. The highest BCUT2D eigenvalue weighted by molar-refractivity contribution is 6.09. The number of aryl methyl sites for hydroxylation is 1. The van der Waals surface area contributed by atoms with E-state index in [9.17, 15) is 14.4 Å². The van der Waals surface area contributed by atoms with E-state index in [2.05, 4.69) is 15.9 Å². The van der Waals surface area contributed by atoms with E-state index in [0.29, 0.717) is 29.5 Å². The summed E-state index contributed by atoms with van der Waals surface area (Å²) in [6, 6.07) is 23.3. The van der Waals surface area contributed by atoms with Gasteiger partial charge in [0.1, 0.15) is 11.1 Å². The second-order valence-electron chi connectivity index (χ2n) is 8.44. The van der Waals surface area contributed by atoms with Gasteiger partial charge < -0.3 is 9.84 Å². The van der Waals surface area contributed by atoms with Crippen molar-refractivity contribution in [2.45, 2.75) is 25.3 Å². The fourth-order valence-corrected chi connectivity index (χ4v) is 4.04. The van der Waals surface area contributed by atoms with E-state index in [1.807, 2.05) is 60.7 Å². The minimum Gasteiger partial charge on any atom is -0.355 e. The summed E-state index contributed by atoms with van der Waals surface area (Å²) in [4.78, 5) is 38.5. The third-order valence-electron chi connectivity index (χ3n) is 6.01. The molecule has 1 saturated heterocycles. The summed E-state index contributed by atoms with van der Waals surface area (Å²) in [5.74, 6) is -0.551. The standard InChI is InChI=1S/C26H22N4O4/c1-26(15-14-17-8-4-2-5-9-17)24(32)30(25(33)27-26)28-23(31)19-12-13-21-20(16-19)22(34-29-21)18-10-6-3-7-11-18/h2-13,16H,14-15H2,1H3,(H,27,33)(H,28,31)/t26-/m0/s1. The molecule has 1 fully saturated rings. The SMILES string of the molecule is C[C@@]1(CCc2ccccc2)NC(=O)N(NC(=O)c2ccc3noc(-c4ccccc4)c3c2)C1=O. The van der Waals surface area contributed by atoms with Crippen LogP contribution in [0.4, 0.5) is 4.79 Å². The van der Waals surface area contributed by atoms with Crippen LogP contribution in [0.2, 0.25) is 0 Å². The Bertz CT molecular complexity index is 1380. The molecule has 0 unspecified atom stereocenters. The number of benzene rings is 3. The van der Waals surface area contributed by atoms with Crippen LogP contribution in [0.1, 0.15) is 29.3 Å². The quantitative estimate of drug-likeness (QED) is 0.427. The number of imide groups is 1. The molecule has 0 saturated carbocycles. The van der Waals surface area contributed by atoms with Gasteiger partial charge in [0.25, 0.3) is 11.8 Å². The van der Waals surface area contributed by atoms with E-state index in [4.69, 9.17) is 4.52 Å². The number of carbonyl (C=O) groups excluding carboxylic acids is 3. The van der Waals surface area contributed by atoms with Crippen LogP contribution in [-0.4, -0.2) is 33.5 Å². The van der Waals surface area contributed by atoms with Gasteiger partial charge in [-0.05, 0) is 43.5 Å². The number of carbonyl (C=O) groups is 3. The van der Waals surface area contributed by atoms with Gasteiger partial charge in [-0.2, -0.15) is 5.01 Å². The Morgan fingerprint density at radius 2 is 1.74 bits per heavy atom. The number of urea groups is 1. The van der Waals surface area contributed by atoms with E-state index in [0.717, 1.165) is 16.1 Å². The maximum Gasteiger partial charge on any atom is 0.344 e. The van der Waals surface area contributed by atoms with Crippen LogP contribution in [0.25, 0.3) is 22.2 Å². The Morgan fingerprint density at radius 3 is 2.47 bits per heavy atom. The lowest BCUT2D eigenvalue weighted by Crippen LogP contribution is -2.48. The normalized spacial score (nSPS) is 17.7. The third-order valence-corrected chi connectivity index (χ3v) is 6.01. The first-order chi connectivity index (χ1) is 16.4. The van der Waals surface area contributed by atoms with Gasteiger partial charge in [0.2, 0.25) is 0 Å². The number of fused-ring (bicyclic) bond motifs is 1. The highest BCUT2D eigenvalue weighted by Gasteiger charge is 2.48. The molecular weight excluding hydrogens is 432 g/mol. The summed E-state index contributed by atoms with van der Waals surface area (Å²) < 4.78 is 5.48. The zero-order valence-corrected chi connectivity index (χ0v) is 18.4. The van der Waals surface area contributed by atoms with Gasteiger partial charge in [0.15, 0.2) is 5.76 Å². The summed E-state index contributed by atoms with van der Waals surface area (Å²) in [6.45, 7) is 1.66. The minimum absolute atomic E-state index is 0.270.